The summed E-state index contributed by atoms with van der Waals surface area (Å²) >= 11 is 0. The van der Waals surface area contributed by atoms with E-state index < -0.39 is 0 Å². The van der Waals surface area contributed by atoms with E-state index in [2.05, 4.69) is 17.9 Å². The summed E-state index contributed by atoms with van der Waals surface area (Å²) in [7, 11) is 1.76. The van der Waals surface area contributed by atoms with Gasteiger partial charge in [0.25, 0.3) is 0 Å². The number of hydrogen-bond acceptors (Lipinski definition) is 3. The number of rotatable bonds is 2. The summed E-state index contributed by atoms with van der Waals surface area (Å²) < 4.78 is 5.38. The largest absolute Gasteiger partial charge is 0.399 e. The van der Waals surface area contributed by atoms with Crippen molar-refractivity contribution in [3.8, 4) is 0 Å². The Morgan fingerprint density at radius 2 is 2.14 bits per heavy atom. The normalized spacial score (nSPS) is 19.1. The Morgan fingerprint density at radius 3 is 2.71 bits per heavy atom. The molecule has 2 rings (SSSR count). The first-order valence-electron chi connectivity index (χ1n) is 4.79. The first kappa shape index (κ1) is 9.34. The van der Waals surface area contributed by atoms with Crippen molar-refractivity contribution in [2.45, 2.75) is 12.5 Å². The van der Waals surface area contributed by atoms with Crippen LogP contribution in [0.5, 0.6) is 0 Å². The second kappa shape index (κ2) is 3.17. The van der Waals surface area contributed by atoms with Gasteiger partial charge in [0.2, 0.25) is 0 Å². The molecular formula is C11H16N2O. The van der Waals surface area contributed by atoms with Gasteiger partial charge in [-0.3, -0.25) is 0 Å². The fraction of sp³-hybridized carbons (Fsp3) is 0.455. The molecule has 0 aromatic heterocycles. The lowest BCUT2D eigenvalue weighted by Crippen LogP contribution is -2.61. The lowest BCUT2D eigenvalue weighted by atomic mass is 9.95. The predicted molar refractivity (Wildman–Crippen MR) is 58.5 cm³/mol. The molecule has 1 aliphatic rings. The zero-order valence-electron chi connectivity index (χ0n) is 8.66. The minimum Gasteiger partial charge on any atom is -0.399 e. The monoisotopic (exact) mass is 192 g/mol. The third-order valence-electron chi connectivity index (χ3n) is 2.78. The molecule has 0 radical (unpaired) electrons. The molecule has 0 spiro atoms. The second-order valence-corrected chi connectivity index (χ2v) is 4.11. The number of nitrogens with zero attached hydrogens (tertiary/aromatic N) is 1. The lowest BCUT2D eigenvalue weighted by Gasteiger charge is -2.48. The molecule has 0 aliphatic carbocycles. The maximum atomic E-state index is 5.72. The van der Waals surface area contributed by atoms with Gasteiger partial charge in [0.1, 0.15) is 0 Å². The van der Waals surface area contributed by atoms with Crippen LogP contribution < -0.4 is 10.6 Å². The molecule has 1 saturated heterocycles. The van der Waals surface area contributed by atoms with Gasteiger partial charge in [-0.05, 0) is 25.1 Å². The second-order valence-electron chi connectivity index (χ2n) is 4.11. The first-order valence-corrected chi connectivity index (χ1v) is 4.79. The molecule has 0 saturated carbocycles. The van der Waals surface area contributed by atoms with Crippen LogP contribution in [0.4, 0.5) is 11.4 Å². The molecule has 0 amide bonds. The Balaban J connectivity index is 2.06. The van der Waals surface area contributed by atoms with Gasteiger partial charge in [-0.1, -0.05) is 6.07 Å². The number of methoxy groups -OCH3 is 1. The quantitative estimate of drug-likeness (QED) is 0.721. The summed E-state index contributed by atoms with van der Waals surface area (Å²) in [4.78, 5) is 2.26. The van der Waals surface area contributed by atoms with E-state index in [0.717, 1.165) is 18.8 Å². The molecular weight excluding hydrogens is 176 g/mol. The summed E-state index contributed by atoms with van der Waals surface area (Å²) in [6, 6.07) is 7.95. The third kappa shape index (κ3) is 1.55. The van der Waals surface area contributed by atoms with E-state index in [1.807, 2.05) is 18.2 Å². The van der Waals surface area contributed by atoms with Gasteiger partial charge in [-0.15, -0.1) is 0 Å². The number of hydrogen-bond donors (Lipinski definition) is 1. The molecule has 0 bridgehead atoms. The Morgan fingerprint density at radius 1 is 1.43 bits per heavy atom. The SMILES string of the molecule is COC1(C)CN(c2cccc(N)c2)C1. The van der Waals surface area contributed by atoms with Crippen molar-refractivity contribution < 1.29 is 4.74 Å². The molecule has 3 heteroatoms. The summed E-state index contributed by atoms with van der Waals surface area (Å²) in [5.74, 6) is 0. The van der Waals surface area contributed by atoms with Crippen molar-refractivity contribution >= 4 is 11.4 Å². The molecule has 1 aromatic carbocycles. The van der Waals surface area contributed by atoms with Crippen LogP contribution in [-0.2, 0) is 4.74 Å². The number of benzene rings is 1. The van der Waals surface area contributed by atoms with E-state index in [9.17, 15) is 0 Å². The molecule has 1 aliphatic heterocycles. The van der Waals surface area contributed by atoms with Crippen molar-refractivity contribution in [2.24, 2.45) is 0 Å². The predicted octanol–water partition coefficient (Wildman–Crippen LogP) is 1.49. The zero-order valence-corrected chi connectivity index (χ0v) is 8.66. The van der Waals surface area contributed by atoms with Crippen LogP contribution in [0.3, 0.4) is 0 Å². The standard InChI is InChI=1S/C11H16N2O/c1-11(14-2)7-13(8-11)10-5-3-4-9(12)6-10/h3-6H,7-8,12H2,1-2H3. The molecule has 76 valence electrons. The third-order valence-corrected chi connectivity index (χ3v) is 2.78. The first-order chi connectivity index (χ1) is 6.63. The van der Waals surface area contributed by atoms with Gasteiger partial charge in [0, 0.05) is 31.6 Å². The fourth-order valence-corrected chi connectivity index (χ4v) is 1.79. The van der Waals surface area contributed by atoms with Gasteiger partial charge < -0.3 is 15.4 Å². The molecule has 1 fully saturated rings. The number of nitrogen functional groups attached to an aromatic ring is 1. The van der Waals surface area contributed by atoms with E-state index in [1.165, 1.54) is 5.69 Å². The highest BCUT2D eigenvalue weighted by atomic mass is 16.5. The molecule has 0 unspecified atom stereocenters. The number of ether oxygens (including phenoxy) is 1. The van der Waals surface area contributed by atoms with Crippen LogP contribution >= 0.6 is 0 Å². The van der Waals surface area contributed by atoms with Crippen LogP contribution in [0.1, 0.15) is 6.92 Å². The highest BCUT2D eigenvalue weighted by Crippen LogP contribution is 2.30. The average Bonchev–Trinajstić information content (AvgIpc) is 2.13. The molecule has 2 N–H and O–H groups in total. The fourth-order valence-electron chi connectivity index (χ4n) is 1.79. The van der Waals surface area contributed by atoms with Crippen molar-refractivity contribution in [3.63, 3.8) is 0 Å². The van der Waals surface area contributed by atoms with Crippen molar-refractivity contribution in [1.29, 1.82) is 0 Å². The number of anilines is 2. The Kier molecular flexibility index (Phi) is 2.11. The molecule has 14 heavy (non-hydrogen) atoms. The summed E-state index contributed by atoms with van der Waals surface area (Å²) in [6.07, 6.45) is 0. The number of nitrogens with two attached hydrogens (primary N) is 1. The van der Waals surface area contributed by atoms with Crippen molar-refractivity contribution in [1.82, 2.24) is 0 Å². The topological polar surface area (TPSA) is 38.5 Å². The minimum absolute atomic E-state index is 0.0185. The van der Waals surface area contributed by atoms with E-state index >= 15 is 0 Å². The Labute approximate surface area is 84.5 Å². The van der Waals surface area contributed by atoms with E-state index in [0.29, 0.717) is 0 Å². The van der Waals surface area contributed by atoms with E-state index in [4.69, 9.17) is 10.5 Å². The van der Waals surface area contributed by atoms with Crippen LogP contribution in [-0.4, -0.2) is 25.8 Å². The maximum absolute atomic E-state index is 5.72. The smallest absolute Gasteiger partial charge is 0.0998 e. The maximum Gasteiger partial charge on any atom is 0.0998 e. The van der Waals surface area contributed by atoms with Gasteiger partial charge in [-0.25, -0.2) is 0 Å². The van der Waals surface area contributed by atoms with Crippen LogP contribution in [0.2, 0.25) is 0 Å². The van der Waals surface area contributed by atoms with Crippen LogP contribution in [0.15, 0.2) is 24.3 Å². The van der Waals surface area contributed by atoms with Crippen molar-refractivity contribution in [3.05, 3.63) is 24.3 Å². The van der Waals surface area contributed by atoms with E-state index in [-0.39, 0.29) is 5.60 Å². The van der Waals surface area contributed by atoms with E-state index in [1.54, 1.807) is 7.11 Å². The Hall–Kier alpha value is -1.22. The highest BCUT2D eigenvalue weighted by Gasteiger charge is 2.38. The summed E-state index contributed by atoms with van der Waals surface area (Å²) in [6.45, 7) is 4.00. The highest BCUT2D eigenvalue weighted by molar-refractivity contribution is 5.58. The van der Waals surface area contributed by atoms with Gasteiger partial charge in [0.15, 0.2) is 0 Å². The molecule has 3 nitrogen and oxygen atoms in total. The summed E-state index contributed by atoms with van der Waals surface area (Å²) in [5, 5.41) is 0. The van der Waals surface area contributed by atoms with Crippen LogP contribution in [0, 0.1) is 0 Å². The average molecular weight is 192 g/mol. The lowest BCUT2D eigenvalue weighted by molar-refractivity contribution is -0.0167. The summed E-state index contributed by atoms with van der Waals surface area (Å²) in [5.41, 5.74) is 7.73. The molecule has 1 heterocycles. The molecule has 0 atom stereocenters. The van der Waals surface area contributed by atoms with Gasteiger partial charge in [-0.2, -0.15) is 0 Å². The zero-order chi connectivity index (χ0) is 10.2. The van der Waals surface area contributed by atoms with Crippen LogP contribution in [0.25, 0.3) is 0 Å². The van der Waals surface area contributed by atoms with Crippen molar-refractivity contribution in [2.75, 3.05) is 30.8 Å². The van der Waals surface area contributed by atoms with Gasteiger partial charge in [0.05, 0.1) is 5.60 Å². The minimum atomic E-state index is 0.0185. The van der Waals surface area contributed by atoms with Gasteiger partial charge >= 0.3 is 0 Å². The molecule has 1 aromatic rings. The Bertz CT molecular complexity index is 332.